The molecule has 0 saturated carbocycles. The molecular weight excluding hydrogens is 316 g/mol. The molecule has 2 N–H and O–H groups in total. The first-order chi connectivity index (χ1) is 12.2. The maximum absolute atomic E-state index is 12.2. The van der Waals surface area contributed by atoms with Gasteiger partial charge in [0.05, 0.1) is 20.8 Å². The Morgan fingerprint density at radius 1 is 0.840 bits per heavy atom. The van der Waals surface area contributed by atoms with Gasteiger partial charge in [0.25, 0.3) is 0 Å². The van der Waals surface area contributed by atoms with Crippen LogP contribution in [0, 0.1) is 0 Å². The minimum absolute atomic E-state index is 0.150. The van der Waals surface area contributed by atoms with Crippen LogP contribution in [0.5, 0.6) is 11.5 Å². The van der Waals surface area contributed by atoms with Gasteiger partial charge in [-0.3, -0.25) is 4.79 Å². The number of carbonyl (C=O) groups excluding carboxylic acids is 1. The quantitative estimate of drug-likeness (QED) is 0.716. The average Bonchev–Trinajstić information content (AvgIpc) is 2.65. The van der Waals surface area contributed by atoms with Gasteiger partial charge < -0.3 is 20.1 Å². The predicted octanol–water partition coefficient (Wildman–Crippen LogP) is 3.91. The fourth-order valence-corrected chi connectivity index (χ4v) is 2.57. The first-order valence-electron chi connectivity index (χ1n) is 7.93. The second-order valence-electron chi connectivity index (χ2n) is 5.57. The van der Waals surface area contributed by atoms with Gasteiger partial charge in [0.1, 0.15) is 11.5 Å². The molecule has 0 saturated heterocycles. The van der Waals surface area contributed by atoms with Gasteiger partial charge in [-0.05, 0) is 22.9 Å². The van der Waals surface area contributed by atoms with Crippen LogP contribution in [0.15, 0.2) is 60.7 Å². The van der Waals surface area contributed by atoms with E-state index in [1.807, 2.05) is 36.4 Å². The summed E-state index contributed by atoms with van der Waals surface area (Å²) in [5.41, 5.74) is 1.53. The number of benzene rings is 3. The summed E-state index contributed by atoms with van der Waals surface area (Å²) < 4.78 is 10.4. The molecule has 3 aromatic rings. The third-order valence-electron chi connectivity index (χ3n) is 3.84. The number of carbonyl (C=O) groups is 1. The molecule has 0 spiro atoms. The third-order valence-corrected chi connectivity index (χ3v) is 3.84. The van der Waals surface area contributed by atoms with Gasteiger partial charge >= 0.3 is 0 Å². The van der Waals surface area contributed by atoms with E-state index in [1.165, 1.54) is 5.39 Å². The minimum atomic E-state index is -0.150. The summed E-state index contributed by atoms with van der Waals surface area (Å²) in [5, 5.41) is 8.27. The van der Waals surface area contributed by atoms with E-state index in [1.54, 1.807) is 32.4 Å². The Balaban J connectivity index is 1.64. The fraction of sp³-hybridized carbons (Fsp3) is 0.150. The summed E-state index contributed by atoms with van der Waals surface area (Å²) in [6.45, 7) is 0.165. The van der Waals surface area contributed by atoms with Crippen LogP contribution in [-0.4, -0.2) is 26.7 Å². The molecule has 0 fully saturated rings. The summed E-state index contributed by atoms with van der Waals surface area (Å²) in [6.07, 6.45) is 0. The summed E-state index contributed by atoms with van der Waals surface area (Å²) in [7, 11) is 3.14. The second-order valence-corrected chi connectivity index (χ2v) is 5.57. The zero-order valence-electron chi connectivity index (χ0n) is 14.2. The van der Waals surface area contributed by atoms with E-state index in [0.717, 1.165) is 11.1 Å². The van der Waals surface area contributed by atoms with Crippen molar-refractivity contribution in [3.05, 3.63) is 60.7 Å². The standard InChI is InChI=1S/C20H20N2O3/c1-24-18-10-17(11-19(12-18)25-2)22-20(23)13-21-16-8-7-14-5-3-4-6-15(14)9-16/h3-12,21H,13H2,1-2H3,(H,22,23). The summed E-state index contributed by atoms with van der Waals surface area (Å²) in [6, 6.07) is 19.4. The molecule has 0 unspecified atom stereocenters. The van der Waals surface area contributed by atoms with Crippen molar-refractivity contribution in [3.8, 4) is 11.5 Å². The maximum atomic E-state index is 12.2. The monoisotopic (exact) mass is 336 g/mol. The Labute approximate surface area is 146 Å². The molecule has 5 heteroatoms. The molecule has 0 aromatic heterocycles. The van der Waals surface area contributed by atoms with E-state index in [9.17, 15) is 4.79 Å². The first-order valence-corrected chi connectivity index (χ1v) is 7.93. The largest absolute Gasteiger partial charge is 0.497 e. The molecular formula is C20H20N2O3. The molecule has 0 radical (unpaired) electrons. The van der Waals surface area contributed by atoms with Crippen molar-refractivity contribution < 1.29 is 14.3 Å². The Bertz CT molecular complexity index is 871. The van der Waals surface area contributed by atoms with Gasteiger partial charge in [-0.2, -0.15) is 0 Å². The number of amides is 1. The van der Waals surface area contributed by atoms with E-state index >= 15 is 0 Å². The molecule has 0 aliphatic rings. The number of fused-ring (bicyclic) bond motifs is 1. The van der Waals surface area contributed by atoms with Crippen LogP contribution >= 0.6 is 0 Å². The zero-order chi connectivity index (χ0) is 17.6. The topological polar surface area (TPSA) is 59.6 Å². The van der Waals surface area contributed by atoms with Gasteiger partial charge in [-0.15, -0.1) is 0 Å². The number of methoxy groups -OCH3 is 2. The Kier molecular flexibility index (Phi) is 5.04. The lowest BCUT2D eigenvalue weighted by Gasteiger charge is -2.11. The fourth-order valence-electron chi connectivity index (χ4n) is 2.57. The van der Waals surface area contributed by atoms with E-state index in [4.69, 9.17) is 9.47 Å². The number of rotatable bonds is 6. The lowest BCUT2D eigenvalue weighted by atomic mass is 10.1. The number of hydrogen-bond donors (Lipinski definition) is 2. The molecule has 0 aliphatic carbocycles. The van der Waals surface area contributed by atoms with Gasteiger partial charge in [-0.1, -0.05) is 30.3 Å². The zero-order valence-corrected chi connectivity index (χ0v) is 14.2. The van der Waals surface area contributed by atoms with Gasteiger partial charge in [0.15, 0.2) is 0 Å². The van der Waals surface area contributed by atoms with Crippen LogP contribution < -0.4 is 20.1 Å². The SMILES string of the molecule is COc1cc(NC(=O)CNc2ccc3ccccc3c2)cc(OC)c1. The van der Waals surface area contributed by atoms with Crippen molar-refractivity contribution in [2.75, 3.05) is 31.4 Å². The highest BCUT2D eigenvalue weighted by molar-refractivity contribution is 5.94. The van der Waals surface area contributed by atoms with Crippen LogP contribution in [0.2, 0.25) is 0 Å². The van der Waals surface area contributed by atoms with Crippen LogP contribution in [0.4, 0.5) is 11.4 Å². The second kappa shape index (κ2) is 7.57. The van der Waals surface area contributed by atoms with E-state index < -0.39 is 0 Å². The smallest absolute Gasteiger partial charge is 0.243 e. The molecule has 3 rings (SSSR count). The molecule has 25 heavy (non-hydrogen) atoms. The normalized spacial score (nSPS) is 10.3. The summed E-state index contributed by atoms with van der Waals surface area (Å²) >= 11 is 0. The highest BCUT2D eigenvalue weighted by Crippen LogP contribution is 2.25. The summed E-state index contributed by atoms with van der Waals surface area (Å²) in [5.74, 6) is 1.10. The number of nitrogens with one attached hydrogen (secondary N) is 2. The molecule has 0 bridgehead atoms. The molecule has 0 heterocycles. The lowest BCUT2D eigenvalue weighted by Crippen LogP contribution is -2.21. The first kappa shape index (κ1) is 16.6. The van der Waals surface area contributed by atoms with Gasteiger partial charge in [0, 0.05) is 29.6 Å². The number of anilines is 2. The maximum Gasteiger partial charge on any atom is 0.243 e. The Hall–Kier alpha value is -3.21. The molecule has 5 nitrogen and oxygen atoms in total. The minimum Gasteiger partial charge on any atom is -0.497 e. The van der Waals surface area contributed by atoms with E-state index in [-0.39, 0.29) is 12.5 Å². The van der Waals surface area contributed by atoms with Crippen molar-refractivity contribution in [2.24, 2.45) is 0 Å². The Morgan fingerprint density at radius 3 is 2.20 bits per heavy atom. The van der Waals surface area contributed by atoms with E-state index in [0.29, 0.717) is 17.2 Å². The lowest BCUT2D eigenvalue weighted by molar-refractivity contribution is -0.114. The van der Waals surface area contributed by atoms with Crippen molar-refractivity contribution in [2.45, 2.75) is 0 Å². The number of hydrogen-bond acceptors (Lipinski definition) is 4. The van der Waals surface area contributed by atoms with Crippen LogP contribution in [0.25, 0.3) is 10.8 Å². The number of ether oxygens (including phenoxy) is 2. The Morgan fingerprint density at radius 2 is 1.52 bits per heavy atom. The van der Waals surface area contributed by atoms with Crippen molar-refractivity contribution in [1.82, 2.24) is 0 Å². The highest BCUT2D eigenvalue weighted by atomic mass is 16.5. The van der Waals surface area contributed by atoms with E-state index in [2.05, 4.69) is 16.7 Å². The highest BCUT2D eigenvalue weighted by Gasteiger charge is 2.06. The van der Waals surface area contributed by atoms with Crippen molar-refractivity contribution >= 4 is 28.1 Å². The summed E-state index contributed by atoms with van der Waals surface area (Å²) in [4.78, 5) is 12.2. The molecule has 1 amide bonds. The van der Waals surface area contributed by atoms with Crippen molar-refractivity contribution in [1.29, 1.82) is 0 Å². The third kappa shape index (κ3) is 4.20. The average molecular weight is 336 g/mol. The molecule has 3 aromatic carbocycles. The van der Waals surface area contributed by atoms with Crippen LogP contribution in [0.1, 0.15) is 0 Å². The molecule has 128 valence electrons. The molecule has 0 aliphatic heterocycles. The van der Waals surface area contributed by atoms with Gasteiger partial charge in [0.2, 0.25) is 5.91 Å². The predicted molar refractivity (Wildman–Crippen MR) is 101 cm³/mol. The molecule has 0 atom stereocenters. The van der Waals surface area contributed by atoms with Crippen LogP contribution in [0.3, 0.4) is 0 Å². The van der Waals surface area contributed by atoms with Crippen molar-refractivity contribution in [3.63, 3.8) is 0 Å². The van der Waals surface area contributed by atoms with Gasteiger partial charge in [-0.25, -0.2) is 0 Å². The van der Waals surface area contributed by atoms with Crippen LogP contribution in [-0.2, 0) is 4.79 Å².